The summed E-state index contributed by atoms with van der Waals surface area (Å²) in [6.45, 7) is 2.14. The normalized spacial score (nSPS) is 13.6. The van der Waals surface area contributed by atoms with E-state index >= 15 is 0 Å². The highest BCUT2D eigenvalue weighted by Crippen LogP contribution is 2.13. The predicted molar refractivity (Wildman–Crippen MR) is 98.1 cm³/mol. The summed E-state index contributed by atoms with van der Waals surface area (Å²) < 4.78 is 0. The predicted octanol–water partition coefficient (Wildman–Crippen LogP) is 4.78. The van der Waals surface area contributed by atoms with E-state index in [0.29, 0.717) is 0 Å². The van der Waals surface area contributed by atoms with Gasteiger partial charge in [0.2, 0.25) is 0 Å². The maximum Gasteiger partial charge on any atom is 0.0713 e. The van der Waals surface area contributed by atoms with E-state index in [4.69, 9.17) is 10.8 Å². The molecule has 4 N–H and O–H groups in total. The van der Waals surface area contributed by atoms with E-state index in [2.05, 4.69) is 6.92 Å². The summed E-state index contributed by atoms with van der Waals surface area (Å²) in [5.74, 6) is 0. The summed E-state index contributed by atoms with van der Waals surface area (Å²) in [7, 11) is 0. The van der Waals surface area contributed by atoms with E-state index in [1.165, 1.54) is 77.0 Å². The molecule has 2 atom stereocenters. The standard InChI is InChI=1S/C18H39NO2.CH4/c1-2-3-4-5-6-7-8-9-10-11-12-13-14-15-18(21)17(19)16-20;/h17-18,20-21H,2-16,19H2,1H3;1H4/t17-,18+;/m0./s1. The van der Waals surface area contributed by atoms with Crippen LogP contribution in [0.15, 0.2) is 0 Å². The topological polar surface area (TPSA) is 66.5 Å². The highest BCUT2D eigenvalue weighted by Gasteiger charge is 2.12. The van der Waals surface area contributed by atoms with E-state index in [-0.39, 0.29) is 14.0 Å². The molecule has 0 heterocycles. The molecule has 0 radical (unpaired) electrons. The van der Waals surface area contributed by atoms with Gasteiger partial charge in [-0.05, 0) is 6.42 Å². The van der Waals surface area contributed by atoms with Crippen LogP contribution in [-0.4, -0.2) is 29.0 Å². The Bertz CT molecular complexity index is 200. The molecule has 0 aliphatic heterocycles. The zero-order chi connectivity index (χ0) is 15.8. The Kier molecular flexibility index (Phi) is 20.8. The van der Waals surface area contributed by atoms with Crippen LogP contribution in [0.4, 0.5) is 0 Å². The van der Waals surface area contributed by atoms with Gasteiger partial charge in [-0.1, -0.05) is 97.8 Å². The maximum atomic E-state index is 9.61. The Balaban J connectivity index is 0. The highest BCUT2D eigenvalue weighted by atomic mass is 16.3. The maximum absolute atomic E-state index is 9.61. The van der Waals surface area contributed by atoms with Crippen LogP contribution < -0.4 is 5.73 Å². The molecule has 0 unspecified atom stereocenters. The third kappa shape index (κ3) is 16.3. The van der Waals surface area contributed by atoms with Gasteiger partial charge in [-0.2, -0.15) is 0 Å². The number of hydrogen-bond donors (Lipinski definition) is 3. The first-order valence-corrected chi connectivity index (χ1v) is 9.26. The first-order chi connectivity index (χ1) is 10.2. The summed E-state index contributed by atoms with van der Waals surface area (Å²) in [6, 6.07) is -0.470. The summed E-state index contributed by atoms with van der Waals surface area (Å²) in [6.07, 6.45) is 17.5. The van der Waals surface area contributed by atoms with Gasteiger partial charge in [0.15, 0.2) is 0 Å². The molecule has 0 aromatic rings. The Hall–Kier alpha value is -0.120. The molecule has 0 aromatic carbocycles. The molecule has 0 aromatic heterocycles. The molecule has 0 spiro atoms. The number of nitrogens with two attached hydrogens (primary N) is 1. The first-order valence-electron chi connectivity index (χ1n) is 9.26. The molecule has 3 heteroatoms. The molecule has 136 valence electrons. The van der Waals surface area contributed by atoms with Crippen molar-refractivity contribution >= 4 is 0 Å². The molecular formula is C19H43NO2. The zero-order valence-electron chi connectivity index (χ0n) is 14.2. The minimum Gasteiger partial charge on any atom is -0.395 e. The lowest BCUT2D eigenvalue weighted by Gasteiger charge is -2.15. The van der Waals surface area contributed by atoms with Gasteiger partial charge in [0.1, 0.15) is 0 Å². The summed E-state index contributed by atoms with van der Waals surface area (Å²) >= 11 is 0. The lowest BCUT2D eigenvalue weighted by molar-refractivity contribution is 0.0990. The minimum atomic E-state index is -0.539. The van der Waals surface area contributed by atoms with E-state index in [1.807, 2.05) is 0 Å². The van der Waals surface area contributed by atoms with Gasteiger partial charge < -0.3 is 15.9 Å². The van der Waals surface area contributed by atoms with Crippen molar-refractivity contribution in [3.63, 3.8) is 0 Å². The van der Waals surface area contributed by atoms with Crippen LogP contribution in [0.1, 0.15) is 104 Å². The molecule has 0 amide bonds. The summed E-state index contributed by atoms with van der Waals surface area (Å²) in [5.41, 5.74) is 5.56. The Morgan fingerprint density at radius 2 is 1.09 bits per heavy atom. The molecule has 0 saturated heterocycles. The van der Waals surface area contributed by atoms with Crippen molar-refractivity contribution in [3.8, 4) is 0 Å². The van der Waals surface area contributed by atoms with Gasteiger partial charge in [0.05, 0.1) is 18.8 Å². The molecule has 0 rings (SSSR count). The summed E-state index contributed by atoms with van der Waals surface area (Å²) in [4.78, 5) is 0. The van der Waals surface area contributed by atoms with E-state index in [0.717, 1.165) is 12.8 Å². The molecule has 3 nitrogen and oxygen atoms in total. The van der Waals surface area contributed by atoms with Crippen molar-refractivity contribution in [1.29, 1.82) is 0 Å². The van der Waals surface area contributed by atoms with Gasteiger partial charge in [-0.3, -0.25) is 0 Å². The highest BCUT2D eigenvalue weighted by molar-refractivity contribution is 4.70. The van der Waals surface area contributed by atoms with Gasteiger partial charge in [0, 0.05) is 0 Å². The second-order valence-corrected chi connectivity index (χ2v) is 6.45. The van der Waals surface area contributed by atoms with Crippen molar-refractivity contribution in [2.24, 2.45) is 5.73 Å². The number of rotatable bonds is 16. The van der Waals surface area contributed by atoms with Crippen LogP contribution in [0.5, 0.6) is 0 Å². The Morgan fingerprint density at radius 3 is 1.45 bits per heavy atom. The van der Waals surface area contributed by atoms with Gasteiger partial charge in [-0.25, -0.2) is 0 Å². The van der Waals surface area contributed by atoms with Crippen molar-refractivity contribution < 1.29 is 10.2 Å². The fourth-order valence-corrected chi connectivity index (χ4v) is 2.71. The molecule has 0 aliphatic carbocycles. The van der Waals surface area contributed by atoms with Gasteiger partial charge in [-0.15, -0.1) is 0 Å². The summed E-state index contributed by atoms with van der Waals surface area (Å²) in [5, 5.41) is 18.4. The van der Waals surface area contributed by atoms with Crippen LogP contribution in [0, 0.1) is 0 Å². The fraction of sp³-hybridized carbons (Fsp3) is 1.00. The smallest absolute Gasteiger partial charge is 0.0713 e. The molecular weight excluding hydrogens is 274 g/mol. The molecule has 0 bridgehead atoms. The molecule has 22 heavy (non-hydrogen) atoms. The third-order valence-electron chi connectivity index (χ3n) is 4.31. The third-order valence-corrected chi connectivity index (χ3v) is 4.31. The number of unbranched alkanes of at least 4 members (excludes halogenated alkanes) is 12. The lowest BCUT2D eigenvalue weighted by atomic mass is 10.0. The average molecular weight is 318 g/mol. The van der Waals surface area contributed by atoms with Crippen LogP contribution in [0.2, 0.25) is 0 Å². The van der Waals surface area contributed by atoms with Crippen molar-refractivity contribution in [1.82, 2.24) is 0 Å². The van der Waals surface area contributed by atoms with Crippen LogP contribution in [0.3, 0.4) is 0 Å². The second kappa shape index (κ2) is 18.9. The number of hydrogen-bond acceptors (Lipinski definition) is 3. The zero-order valence-corrected chi connectivity index (χ0v) is 14.2. The van der Waals surface area contributed by atoms with Crippen molar-refractivity contribution in [2.75, 3.05) is 6.61 Å². The van der Waals surface area contributed by atoms with Crippen molar-refractivity contribution in [3.05, 3.63) is 0 Å². The monoisotopic (exact) mass is 317 g/mol. The first kappa shape index (κ1) is 24.1. The van der Waals surface area contributed by atoms with Crippen molar-refractivity contribution in [2.45, 2.75) is 116 Å². The second-order valence-electron chi connectivity index (χ2n) is 6.45. The van der Waals surface area contributed by atoms with Crippen LogP contribution in [-0.2, 0) is 0 Å². The Morgan fingerprint density at radius 1 is 0.727 bits per heavy atom. The Labute approximate surface area is 139 Å². The quantitative estimate of drug-likeness (QED) is 0.359. The lowest BCUT2D eigenvalue weighted by Crippen LogP contribution is -2.37. The molecule has 0 fully saturated rings. The largest absolute Gasteiger partial charge is 0.395 e. The minimum absolute atomic E-state index is 0. The molecule has 0 saturated carbocycles. The van der Waals surface area contributed by atoms with Crippen LogP contribution in [0.25, 0.3) is 0 Å². The fourth-order valence-electron chi connectivity index (χ4n) is 2.71. The number of aliphatic hydroxyl groups is 2. The van der Waals surface area contributed by atoms with Gasteiger partial charge >= 0.3 is 0 Å². The molecule has 0 aliphatic rings. The van der Waals surface area contributed by atoms with E-state index in [9.17, 15) is 5.11 Å². The van der Waals surface area contributed by atoms with E-state index < -0.39 is 12.1 Å². The van der Waals surface area contributed by atoms with Gasteiger partial charge in [0.25, 0.3) is 0 Å². The number of aliphatic hydroxyl groups excluding tert-OH is 2. The average Bonchev–Trinajstić information content (AvgIpc) is 2.50. The van der Waals surface area contributed by atoms with Crippen LogP contribution >= 0.6 is 0 Å². The SMILES string of the molecule is C.CCCCCCCCCCCCCCC[C@@H](O)[C@@H](N)CO. The van der Waals surface area contributed by atoms with E-state index in [1.54, 1.807) is 0 Å².